The normalized spacial score (nSPS) is 17.9. The van der Waals surface area contributed by atoms with Gasteiger partial charge in [-0.3, -0.25) is 14.6 Å². The monoisotopic (exact) mass is 606 g/mol. The lowest BCUT2D eigenvalue weighted by atomic mass is 10.1. The zero-order chi connectivity index (χ0) is 28.9. The van der Waals surface area contributed by atoms with Gasteiger partial charge in [-0.25, -0.2) is 4.98 Å². The third-order valence-electron chi connectivity index (χ3n) is 7.91. The summed E-state index contributed by atoms with van der Waals surface area (Å²) >= 11 is 1.56. The second kappa shape index (κ2) is 13.3. The van der Waals surface area contributed by atoms with Crippen LogP contribution in [0.3, 0.4) is 0 Å². The highest BCUT2D eigenvalue weighted by Gasteiger charge is 2.25. The van der Waals surface area contributed by atoms with Gasteiger partial charge in [0.05, 0.1) is 17.2 Å². The highest BCUT2D eigenvalue weighted by atomic mass is 32.1. The van der Waals surface area contributed by atoms with Crippen molar-refractivity contribution in [3.05, 3.63) is 41.8 Å². The van der Waals surface area contributed by atoms with Crippen molar-refractivity contribution in [2.45, 2.75) is 70.4 Å². The third-order valence-corrected chi connectivity index (χ3v) is 10.7. The Hall–Kier alpha value is -2.77. The predicted octanol–water partition coefficient (Wildman–Crippen LogP) is 6.13. The minimum Gasteiger partial charge on any atom is -0.371 e. The molecule has 0 spiro atoms. The number of fused-ring (bicyclic) bond motifs is 1. The molecule has 0 amide bonds. The average molecular weight is 607 g/mol. The van der Waals surface area contributed by atoms with Crippen molar-refractivity contribution in [1.82, 2.24) is 34.8 Å². The fraction of sp³-hybridized carbons (Fsp3) is 0.567. The lowest BCUT2D eigenvalue weighted by Gasteiger charge is -2.22. The van der Waals surface area contributed by atoms with E-state index in [1.807, 2.05) is 34.1 Å². The number of rotatable bonds is 13. The van der Waals surface area contributed by atoms with Crippen LogP contribution in [0.4, 0.5) is 10.9 Å². The van der Waals surface area contributed by atoms with Crippen LogP contribution in [0.25, 0.3) is 22.2 Å². The van der Waals surface area contributed by atoms with Crippen LogP contribution in [0.15, 0.2) is 36.8 Å². The molecule has 2 saturated heterocycles. The molecule has 6 heterocycles. The summed E-state index contributed by atoms with van der Waals surface area (Å²) in [5.74, 6) is 0.766. The van der Waals surface area contributed by atoms with Crippen molar-refractivity contribution in [3.63, 3.8) is 0 Å². The summed E-state index contributed by atoms with van der Waals surface area (Å²) in [5, 5.41) is 15.3. The number of nitrogens with zero attached hydrogens (tertiary/aromatic N) is 8. The molecule has 2 fully saturated rings. The Kier molecular flexibility index (Phi) is 9.25. The van der Waals surface area contributed by atoms with Gasteiger partial charge < -0.3 is 14.4 Å². The van der Waals surface area contributed by atoms with E-state index in [0.29, 0.717) is 13.3 Å². The first-order valence-electron chi connectivity index (χ1n) is 15.2. The van der Waals surface area contributed by atoms with Crippen LogP contribution in [-0.2, 0) is 16.0 Å². The van der Waals surface area contributed by atoms with Crippen molar-refractivity contribution in [1.29, 1.82) is 0 Å². The van der Waals surface area contributed by atoms with Gasteiger partial charge in [0.25, 0.3) is 0 Å². The maximum Gasteiger partial charge on any atom is 0.215 e. The van der Waals surface area contributed by atoms with E-state index >= 15 is 0 Å². The fourth-order valence-corrected chi connectivity index (χ4v) is 7.07. The molecule has 224 valence electrons. The number of hydrogen-bond acceptors (Lipinski definition) is 10. The minimum atomic E-state index is -1.21. The molecule has 0 aromatic carbocycles. The Labute approximate surface area is 253 Å². The zero-order valence-corrected chi connectivity index (χ0v) is 26.9. The smallest absolute Gasteiger partial charge is 0.215 e. The third kappa shape index (κ3) is 7.40. The second-order valence-corrected chi connectivity index (χ2v) is 19.1. The molecule has 12 heteroatoms. The van der Waals surface area contributed by atoms with Crippen molar-refractivity contribution in [2.75, 3.05) is 44.5 Å². The van der Waals surface area contributed by atoms with Crippen LogP contribution >= 0.6 is 11.3 Å². The summed E-state index contributed by atoms with van der Waals surface area (Å²) in [7, 11) is -1.21. The van der Waals surface area contributed by atoms with Crippen LogP contribution in [0.5, 0.6) is 0 Å². The van der Waals surface area contributed by atoms with Crippen molar-refractivity contribution in [3.8, 4) is 11.1 Å². The Balaban J connectivity index is 1.20. The summed E-state index contributed by atoms with van der Waals surface area (Å²) in [6, 6.07) is 7.20. The van der Waals surface area contributed by atoms with E-state index in [0.717, 1.165) is 83.1 Å². The maximum atomic E-state index is 6.19. The van der Waals surface area contributed by atoms with Gasteiger partial charge in [0.15, 0.2) is 0 Å². The molecule has 4 aromatic rings. The van der Waals surface area contributed by atoms with Gasteiger partial charge in [-0.1, -0.05) is 31.0 Å². The van der Waals surface area contributed by atoms with Crippen LogP contribution in [-0.4, -0.2) is 82.5 Å². The van der Waals surface area contributed by atoms with Crippen molar-refractivity contribution in [2.24, 2.45) is 0 Å². The molecule has 0 bridgehead atoms. The summed E-state index contributed by atoms with van der Waals surface area (Å²) in [6.07, 6.45) is 11.8. The summed E-state index contributed by atoms with van der Waals surface area (Å²) in [6.45, 7) is 13.5. The molecule has 0 aliphatic carbocycles. The highest BCUT2D eigenvalue weighted by molar-refractivity contribution is 7.15. The number of aryl methyl sites for hydroxylation is 1. The molecule has 0 N–H and O–H groups in total. The number of pyridine rings is 2. The van der Waals surface area contributed by atoms with E-state index in [1.54, 1.807) is 11.3 Å². The molecule has 2 aliphatic heterocycles. The molecule has 4 aromatic heterocycles. The Morgan fingerprint density at radius 1 is 1.05 bits per heavy atom. The molecular formula is C30H42N8O2SSi. The van der Waals surface area contributed by atoms with E-state index in [4.69, 9.17) is 19.4 Å². The molecule has 10 nitrogen and oxygen atoms in total. The maximum absolute atomic E-state index is 6.19. The second-order valence-electron chi connectivity index (χ2n) is 12.5. The van der Waals surface area contributed by atoms with E-state index in [2.05, 4.69) is 52.1 Å². The highest BCUT2D eigenvalue weighted by Crippen LogP contribution is 2.35. The van der Waals surface area contributed by atoms with E-state index in [1.165, 1.54) is 25.9 Å². The molecule has 6 rings (SSSR count). The molecule has 0 radical (unpaired) electrons. The standard InChI is InChI=1S/C30H42N8O2SSi/c1-42(2,3)17-16-39-22-38(30-35-34-29(41-30)27-8-6-15-40-27)28-10-9-25-26(33-28)18-23(19-31-25)24-20-32-37(21-24)14-7-13-36-11-4-5-12-36/h9-10,18-21,27H,4-8,11-17,22H2,1-3H3. The number of anilines is 2. The predicted molar refractivity (Wildman–Crippen MR) is 170 cm³/mol. The number of likely N-dealkylation sites (tertiary alicyclic amines) is 1. The summed E-state index contributed by atoms with van der Waals surface area (Å²) in [4.78, 5) is 14.3. The number of hydrogen-bond donors (Lipinski definition) is 0. The van der Waals surface area contributed by atoms with Crippen LogP contribution < -0.4 is 4.90 Å². The van der Waals surface area contributed by atoms with E-state index in [-0.39, 0.29) is 6.10 Å². The average Bonchev–Trinajstić information content (AvgIpc) is 3.79. The van der Waals surface area contributed by atoms with Crippen LogP contribution in [0, 0.1) is 0 Å². The summed E-state index contributed by atoms with van der Waals surface area (Å²) in [5.41, 5.74) is 3.72. The molecular weight excluding hydrogens is 565 g/mol. The molecule has 1 atom stereocenters. The summed E-state index contributed by atoms with van der Waals surface area (Å²) < 4.78 is 14.1. The van der Waals surface area contributed by atoms with Gasteiger partial charge in [0.1, 0.15) is 23.7 Å². The largest absolute Gasteiger partial charge is 0.371 e. The Bertz CT molecular complexity index is 1460. The lowest BCUT2D eigenvalue weighted by molar-refractivity contribution is 0.111. The van der Waals surface area contributed by atoms with Crippen molar-refractivity contribution < 1.29 is 9.47 Å². The van der Waals surface area contributed by atoms with Crippen LogP contribution in [0.2, 0.25) is 25.7 Å². The van der Waals surface area contributed by atoms with E-state index < -0.39 is 8.07 Å². The lowest BCUT2D eigenvalue weighted by Crippen LogP contribution is -2.26. The molecule has 1 unspecified atom stereocenters. The molecule has 0 saturated carbocycles. The SMILES string of the molecule is C[Si](C)(C)CCOCN(c1ccc2ncc(-c3cnn(CCCN4CCCC4)c3)cc2n1)c1nnc(C2CCCO2)s1. The molecule has 42 heavy (non-hydrogen) atoms. The number of aromatic nitrogens is 6. The Morgan fingerprint density at radius 2 is 1.93 bits per heavy atom. The van der Waals surface area contributed by atoms with Gasteiger partial charge >= 0.3 is 0 Å². The molecule has 2 aliphatic rings. The first-order valence-corrected chi connectivity index (χ1v) is 19.8. The van der Waals surface area contributed by atoms with Gasteiger partial charge in [-0.15, -0.1) is 10.2 Å². The minimum absolute atomic E-state index is 0.0309. The van der Waals surface area contributed by atoms with Gasteiger partial charge in [-0.05, 0) is 76.0 Å². The first kappa shape index (κ1) is 29.3. The van der Waals surface area contributed by atoms with E-state index in [9.17, 15) is 0 Å². The van der Waals surface area contributed by atoms with Crippen molar-refractivity contribution >= 4 is 41.4 Å². The van der Waals surface area contributed by atoms with Gasteiger partial charge in [-0.2, -0.15) is 5.10 Å². The van der Waals surface area contributed by atoms with Gasteiger partial charge in [0, 0.05) is 51.4 Å². The Morgan fingerprint density at radius 3 is 2.74 bits per heavy atom. The number of ether oxygens (including phenoxy) is 2. The quantitative estimate of drug-likeness (QED) is 0.101. The van der Waals surface area contributed by atoms with Gasteiger partial charge in [0.2, 0.25) is 5.13 Å². The van der Waals surface area contributed by atoms with Crippen LogP contribution in [0.1, 0.15) is 43.2 Å². The topological polar surface area (TPSA) is 94.3 Å². The zero-order valence-electron chi connectivity index (χ0n) is 25.0. The first-order chi connectivity index (χ1) is 20.4. The fourth-order valence-electron chi connectivity index (χ4n) is 5.39.